The van der Waals surface area contributed by atoms with Gasteiger partial charge in [0.15, 0.2) is 6.23 Å². The Bertz CT molecular complexity index is 1140. The van der Waals surface area contributed by atoms with Gasteiger partial charge in [-0.1, -0.05) is 24.8 Å². The molecule has 1 aliphatic heterocycles. The van der Waals surface area contributed by atoms with Gasteiger partial charge in [0.05, 0.1) is 35.2 Å². The topological polar surface area (TPSA) is 119 Å². The molecule has 8 nitrogen and oxygen atoms in total. The van der Waals surface area contributed by atoms with E-state index in [1.165, 1.54) is 46.8 Å². The monoisotopic (exact) mass is 456 g/mol. The van der Waals surface area contributed by atoms with Crippen LogP contribution in [-0.4, -0.2) is 61.4 Å². The molecule has 4 rings (SSSR count). The number of likely N-dealkylation sites (tertiary alicyclic amines) is 1. The van der Waals surface area contributed by atoms with Crippen LogP contribution >= 0.6 is 11.3 Å². The van der Waals surface area contributed by atoms with Gasteiger partial charge in [-0.15, -0.1) is 11.3 Å². The van der Waals surface area contributed by atoms with Crippen molar-refractivity contribution in [1.29, 1.82) is 0 Å². The normalized spacial score (nSPS) is 19.1. The lowest BCUT2D eigenvalue weighted by molar-refractivity contribution is 0.0572. The third-order valence-corrected chi connectivity index (χ3v) is 6.05. The SMILES string of the molecule is C=Cc1cccc(F)c1-c1nc(C(O)Nc2cnccc2C(=O)N2CC(O)C(O)C2)cs1. The van der Waals surface area contributed by atoms with E-state index in [4.69, 9.17) is 0 Å². The summed E-state index contributed by atoms with van der Waals surface area (Å²) >= 11 is 1.17. The third kappa shape index (κ3) is 4.26. The van der Waals surface area contributed by atoms with E-state index < -0.39 is 30.2 Å². The van der Waals surface area contributed by atoms with Crippen molar-refractivity contribution in [3.05, 3.63) is 71.3 Å². The van der Waals surface area contributed by atoms with Crippen LogP contribution in [0.5, 0.6) is 0 Å². The van der Waals surface area contributed by atoms with Gasteiger partial charge in [-0.3, -0.25) is 9.78 Å². The van der Waals surface area contributed by atoms with Crippen LogP contribution in [0, 0.1) is 5.82 Å². The number of aromatic nitrogens is 2. The molecule has 1 fully saturated rings. The van der Waals surface area contributed by atoms with Gasteiger partial charge in [-0.05, 0) is 17.7 Å². The minimum absolute atomic E-state index is 0.00798. The van der Waals surface area contributed by atoms with Gasteiger partial charge in [0, 0.05) is 24.7 Å². The number of carbonyl (C=O) groups is 1. The number of rotatable bonds is 6. The molecule has 0 saturated carbocycles. The number of halogens is 1. The summed E-state index contributed by atoms with van der Waals surface area (Å²) in [6.07, 6.45) is 1.06. The zero-order valence-electron chi connectivity index (χ0n) is 16.8. The zero-order chi connectivity index (χ0) is 22.8. The number of carbonyl (C=O) groups excluding carboxylic acids is 1. The van der Waals surface area contributed by atoms with E-state index in [1.807, 2.05) is 0 Å². The minimum Gasteiger partial charge on any atom is -0.388 e. The zero-order valence-corrected chi connectivity index (χ0v) is 17.7. The Balaban J connectivity index is 1.56. The maximum absolute atomic E-state index is 14.4. The number of anilines is 1. The van der Waals surface area contributed by atoms with Crippen molar-refractivity contribution in [2.24, 2.45) is 0 Å². The van der Waals surface area contributed by atoms with Crippen LogP contribution in [0.2, 0.25) is 0 Å². The fourth-order valence-corrected chi connectivity index (χ4v) is 4.39. The molecule has 0 aliphatic carbocycles. The van der Waals surface area contributed by atoms with Crippen LogP contribution in [0.15, 0.2) is 48.6 Å². The molecule has 3 aromatic rings. The van der Waals surface area contributed by atoms with Crippen molar-refractivity contribution in [1.82, 2.24) is 14.9 Å². The molecular weight excluding hydrogens is 435 g/mol. The molecule has 2 aromatic heterocycles. The minimum atomic E-state index is -1.29. The van der Waals surface area contributed by atoms with Gasteiger partial charge in [-0.2, -0.15) is 0 Å². The second-order valence-corrected chi connectivity index (χ2v) is 8.16. The summed E-state index contributed by atoms with van der Waals surface area (Å²) < 4.78 is 14.4. The molecule has 0 bridgehead atoms. The highest BCUT2D eigenvalue weighted by Gasteiger charge is 2.34. The highest BCUT2D eigenvalue weighted by molar-refractivity contribution is 7.13. The second-order valence-electron chi connectivity index (χ2n) is 7.30. The number of hydrogen-bond acceptors (Lipinski definition) is 8. The second kappa shape index (κ2) is 9.13. The Morgan fingerprint density at radius 2 is 2.06 bits per heavy atom. The largest absolute Gasteiger partial charge is 0.388 e. The lowest BCUT2D eigenvalue weighted by Crippen LogP contribution is -2.30. The molecule has 3 atom stereocenters. The summed E-state index contributed by atoms with van der Waals surface area (Å²) in [6, 6.07) is 6.12. The summed E-state index contributed by atoms with van der Waals surface area (Å²) in [6.45, 7) is 3.71. The van der Waals surface area contributed by atoms with Crippen LogP contribution in [0.4, 0.5) is 10.1 Å². The standard InChI is InChI=1S/C22H21FN4O4S/c1-2-12-4-3-5-14(23)19(12)21-26-16(11-32-21)20(30)25-15-8-24-7-6-13(15)22(31)27-9-17(28)18(29)10-27/h2-8,11,17-18,20,25,28-30H,1,9-10H2. The summed E-state index contributed by atoms with van der Waals surface area (Å²) in [4.78, 5) is 22.5. The van der Waals surface area contributed by atoms with Gasteiger partial charge in [0.2, 0.25) is 0 Å². The summed E-state index contributed by atoms with van der Waals surface area (Å²) in [5.74, 6) is -0.862. The number of hydrogen-bond donors (Lipinski definition) is 4. The maximum Gasteiger partial charge on any atom is 0.256 e. The number of pyridine rings is 1. The fourth-order valence-electron chi connectivity index (χ4n) is 3.49. The quantitative estimate of drug-likeness (QED) is 0.420. The average molecular weight is 456 g/mol. The molecule has 1 aromatic carbocycles. The molecule has 32 heavy (non-hydrogen) atoms. The smallest absolute Gasteiger partial charge is 0.256 e. The molecule has 1 saturated heterocycles. The Morgan fingerprint density at radius 1 is 1.31 bits per heavy atom. The van der Waals surface area contributed by atoms with E-state index in [2.05, 4.69) is 21.9 Å². The molecular formula is C22H21FN4O4S. The van der Waals surface area contributed by atoms with E-state index in [0.717, 1.165) is 0 Å². The number of nitrogens with one attached hydrogen (secondary N) is 1. The first-order valence-electron chi connectivity index (χ1n) is 9.79. The molecule has 1 amide bonds. The van der Waals surface area contributed by atoms with E-state index in [9.17, 15) is 24.5 Å². The fraction of sp³-hybridized carbons (Fsp3) is 0.227. The van der Waals surface area contributed by atoms with Gasteiger partial charge in [0.1, 0.15) is 16.5 Å². The van der Waals surface area contributed by atoms with Crippen molar-refractivity contribution in [3.63, 3.8) is 0 Å². The molecule has 3 unspecified atom stereocenters. The first kappa shape index (κ1) is 22.0. The predicted molar refractivity (Wildman–Crippen MR) is 118 cm³/mol. The van der Waals surface area contributed by atoms with Crippen molar-refractivity contribution in [3.8, 4) is 10.6 Å². The molecule has 166 valence electrons. The van der Waals surface area contributed by atoms with Crippen molar-refractivity contribution >= 4 is 29.0 Å². The number of thiazole rings is 1. The van der Waals surface area contributed by atoms with Crippen molar-refractivity contribution in [2.45, 2.75) is 18.4 Å². The van der Waals surface area contributed by atoms with Crippen LogP contribution in [0.3, 0.4) is 0 Å². The van der Waals surface area contributed by atoms with E-state index in [-0.39, 0.29) is 30.0 Å². The van der Waals surface area contributed by atoms with Crippen molar-refractivity contribution in [2.75, 3.05) is 18.4 Å². The molecule has 1 aliphatic rings. The average Bonchev–Trinajstić information content (AvgIpc) is 3.40. The number of aliphatic hydroxyl groups is 3. The van der Waals surface area contributed by atoms with Crippen LogP contribution < -0.4 is 5.32 Å². The van der Waals surface area contributed by atoms with Crippen LogP contribution in [-0.2, 0) is 0 Å². The van der Waals surface area contributed by atoms with Gasteiger partial charge in [-0.25, -0.2) is 9.37 Å². The number of nitrogens with zero attached hydrogens (tertiary/aromatic N) is 3. The van der Waals surface area contributed by atoms with E-state index in [0.29, 0.717) is 16.1 Å². The van der Waals surface area contributed by atoms with Gasteiger partial charge in [0.25, 0.3) is 5.91 Å². The third-order valence-electron chi connectivity index (χ3n) is 5.17. The number of aliphatic hydroxyl groups excluding tert-OH is 3. The Kier molecular flexibility index (Phi) is 6.28. The molecule has 10 heteroatoms. The molecule has 3 heterocycles. The Labute approximate surface area is 187 Å². The maximum atomic E-state index is 14.4. The first-order valence-corrected chi connectivity index (χ1v) is 10.7. The number of β-amino-alcohol motifs (C(OH)–C–C–N with tert-alkyl or cyclic N) is 2. The summed E-state index contributed by atoms with van der Waals surface area (Å²) in [7, 11) is 0. The molecule has 4 N–H and O–H groups in total. The van der Waals surface area contributed by atoms with Crippen LogP contribution in [0.1, 0.15) is 27.8 Å². The Hall–Kier alpha value is -3.18. The van der Waals surface area contributed by atoms with Gasteiger partial charge >= 0.3 is 0 Å². The highest BCUT2D eigenvalue weighted by atomic mass is 32.1. The predicted octanol–water partition coefficient (Wildman–Crippen LogP) is 2.27. The van der Waals surface area contributed by atoms with Crippen LogP contribution in [0.25, 0.3) is 16.6 Å². The van der Waals surface area contributed by atoms with E-state index in [1.54, 1.807) is 17.5 Å². The summed E-state index contributed by atoms with van der Waals surface area (Å²) in [5, 5.41) is 34.9. The van der Waals surface area contributed by atoms with Crippen molar-refractivity contribution < 1.29 is 24.5 Å². The Morgan fingerprint density at radius 3 is 2.78 bits per heavy atom. The van der Waals surface area contributed by atoms with Gasteiger partial charge < -0.3 is 25.5 Å². The number of amides is 1. The highest BCUT2D eigenvalue weighted by Crippen LogP contribution is 2.32. The first-order chi connectivity index (χ1) is 15.4. The molecule has 0 spiro atoms. The van der Waals surface area contributed by atoms with E-state index >= 15 is 0 Å². The lowest BCUT2D eigenvalue weighted by Gasteiger charge is -2.19. The number of benzene rings is 1. The lowest BCUT2D eigenvalue weighted by atomic mass is 10.1. The molecule has 0 radical (unpaired) electrons. The summed E-state index contributed by atoms with van der Waals surface area (Å²) in [5.41, 5.74) is 1.61.